The van der Waals surface area contributed by atoms with Crippen molar-refractivity contribution in [1.29, 1.82) is 0 Å². The lowest BCUT2D eigenvalue weighted by Gasteiger charge is -2.30. The lowest BCUT2D eigenvalue weighted by Crippen LogP contribution is -2.47. The lowest BCUT2D eigenvalue weighted by molar-refractivity contribution is -0.128. The van der Waals surface area contributed by atoms with Gasteiger partial charge in [-0.1, -0.05) is 17.3 Å². The van der Waals surface area contributed by atoms with Crippen LogP contribution in [0.1, 0.15) is 23.2 Å². The molecule has 1 aromatic heterocycles. The topological polar surface area (TPSA) is 102 Å². The van der Waals surface area contributed by atoms with Gasteiger partial charge in [0.2, 0.25) is 11.7 Å². The van der Waals surface area contributed by atoms with E-state index in [9.17, 15) is 14.4 Å². The Morgan fingerprint density at radius 1 is 1.38 bits per heavy atom. The summed E-state index contributed by atoms with van der Waals surface area (Å²) in [7, 11) is 0. The quantitative estimate of drug-likeness (QED) is 0.857. The van der Waals surface area contributed by atoms with Gasteiger partial charge in [0.1, 0.15) is 6.54 Å². The predicted molar refractivity (Wildman–Crippen MR) is 83.5 cm³/mol. The van der Waals surface area contributed by atoms with Gasteiger partial charge in [-0.15, -0.1) is 0 Å². The molecule has 0 fully saturated rings. The van der Waals surface area contributed by atoms with Crippen molar-refractivity contribution in [2.45, 2.75) is 20.0 Å². The number of aromatic nitrogens is 1. The highest BCUT2D eigenvalue weighted by Crippen LogP contribution is 2.29. The largest absolute Gasteiger partial charge is 0.447 e. The van der Waals surface area contributed by atoms with E-state index in [1.54, 1.807) is 31.2 Å². The number of carbonyl (C=O) groups excluding carboxylic acids is 3. The SMILES string of the molecule is Cc1cc(C(=O)O[C@H](C)C(=O)N2CC(=O)Nc3ccccc32)on1. The molecule has 1 aliphatic heterocycles. The molecular weight excluding hydrogens is 314 g/mol. The van der Waals surface area contributed by atoms with E-state index in [4.69, 9.17) is 9.26 Å². The summed E-state index contributed by atoms with van der Waals surface area (Å²) in [6.45, 7) is 2.97. The number of fused-ring (bicyclic) bond motifs is 1. The molecule has 2 heterocycles. The van der Waals surface area contributed by atoms with Crippen LogP contribution < -0.4 is 10.2 Å². The van der Waals surface area contributed by atoms with Crippen LogP contribution in [-0.4, -0.2) is 35.6 Å². The minimum atomic E-state index is -1.08. The second-order valence-corrected chi connectivity index (χ2v) is 5.37. The normalized spacial score (nSPS) is 14.6. The maximum Gasteiger partial charge on any atom is 0.377 e. The Bertz CT molecular complexity index is 814. The molecule has 1 N–H and O–H groups in total. The van der Waals surface area contributed by atoms with Gasteiger partial charge in [-0.25, -0.2) is 4.79 Å². The van der Waals surface area contributed by atoms with Crippen LogP contribution in [0.2, 0.25) is 0 Å². The van der Waals surface area contributed by atoms with E-state index < -0.39 is 18.0 Å². The fourth-order valence-electron chi connectivity index (χ4n) is 2.38. The highest BCUT2D eigenvalue weighted by atomic mass is 16.6. The summed E-state index contributed by atoms with van der Waals surface area (Å²) in [5, 5.41) is 6.28. The van der Waals surface area contributed by atoms with Crippen LogP contribution in [0.5, 0.6) is 0 Å². The van der Waals surface area contributed by atoms with Gasteiger partial charge in [0.05, 0.1) is 17.1 Å². The molecule has 1 aromatic carbocycles. The van der Waals surface area contributed by atoms with E-state index in [0.29, 0.717) is 17.1 Å². The highest BCUT2D eigenvalue weighted by Gasteiger charge is 2.32. The second kappa shape index (κ2) is 6.15. The molecule has 0 aliphatic carbocycles. The van der Waals surface area contributed by atoms with Crippen LogP contribution in [-0.2, 0) is 14.3 Å². The zero-order valence-electron chi connectivity index (χ0n) is 13.1. The van der Waals surface area contributed by atoms with Crippen molar-refractivity contribution in [1.82, 2.24) is 5.16 Å². The number of amides is 2. The minimum absolute atomic E-state index is 0.0797. The maximum absolute atomic E-state index is 12.6. The monoisotopic (exact) mass is 329 g/mol. The highest BCUT2D eigenvalue weighted by molar-refractivity contribution is 6.11. The molecule has 24 heavy (non-hydrogen) atoms. The van der Waals surface area contributed by atoms with E-state index >= 15 is 0 Å². The van der Waals surface area contributed by atoms with Gasteiger partial charge < -0.3 is 14.6 Å². The van der Waals surface area contributed by atoms with Gasteiger partial charge in [-0.3, -0.25) is 14.5 Å². The lowest BCUT2D eigenvalue weighted by atomic mass is 10.1. The van der Waals surface area contributed by atoms with Crippen LogP contribution in [0.3, 0.4) is 0 Å². The number of rotatable bonds is 3. The number of aryl methyl sites for hydroxylation is 1. The number of para-hydroxylation sites is 2. The molecule has 0 unspecified atom stereocenters. The minimum Gasteiger partial charge on any atom is -0.447 e. The molecule has 3 rings (SSSR count). The maximum atomic E-state index is 12.6. The standard InChI is InChI=1S/C16H15N3O5/c1-9-7-13(24-18-9)16(22)23-10(2)15(21)19-8-14(20)17-11-5-3-4-6-12(11)19/h3-7,10H,8H2,1-2H3,(H,17,20)/t10-/m1/s1. The predicted octanol–water partition coefficient (Wildman–Crippen LogP) is 1.51. The van der Waals surface area contributed by atoms with Gasteiger partial charge in [-0.05, 0) is 26.0 Å². The summed E-state index contributed by atoms with van der Waals surface area (Å²) in [5.74, 6) is -1.68. The molecule has 1 aliphatic rings. The van der Waals surface area contributed by atoms with Crippen molar-refractivity contribution >= 4 is 29.2 Å². The summed E-state index contributed by atoms with van der Waals surface area (Å²) in [6.07, 6.45) is -1.08. The number of nitrogens with one attached hydrogen (secondary N) is 1. The van der Waals surface area contributed by atoms with Crippen molar-refractivity contribution in [3.8, 4) is 0 Å². The Kier molecular flexibility index (Phi) is 4.03. The summed E-state index contributed by atoms with van der Waals surface area (Å²) in [6, 6.07) is 8.33. The third-order valence-corrected chi connectivity index (χ3v) is 3.50. The van der Waals surface area contributed by atoms with Crippen LogP contribution in [0, 0.1) is 6.92 Å². The van der Waals surface area contributed by atoms with Gasteiger partial charge in [0, 0.05) is 6.07 Å². The number of hydrogen-bond acceptors (Lipinski definition) is 6. The first-order valence-corrected chi connectivity index (χ1v) is 7.30. The van der Waals surface area contributed by atoms with Crippen molar-refractivity contribution in [2.24, 2.45) is 0 Å². The molecule has 8 heteroatoms. The number of esters is 1. The number of carbonyl (C=O) groups is 3. The zero-order valence-corrected chi connectivity index (χ0v) is 13.1. The first-order chi connectivity index (χ1) is 11.5. The number of ether oxygens (including phenoxy) is 1. The van der Waals surface area contributed by atoms with Crippen LogP contribution >= 0.6 is 0 Å². The summed E-state index contributed by atoms with van der Waals surface area (Å²) >= 11 is 0. The van der Waals surface area contributed by atoms with Crippen LogP contribution in [0.4, 0.5) is 11.4 Å². The van der Waals surface area contributed by atoms with Crippen molar-refractivity contribution in [3.63, 3.8) is 0 Å². The third kappa shape index (κ3) is 2.98. The fraction of sp³-hybridized carbons (Fsp3) is 0.250. The smallest absolute Gasteiger partial charge is 0.377 e. The van der Waals surface area contributed by atoms with E-state index in [-0.39, 0.29) is 18.2 Å². The number of benzene rings is 1. The number of nitrogens with zero attached hydrogens (tertiary/aromatic N) is 2. The van der Waals surface area contributed by atoms with Gasteiger partial charge >= 0.3 is 5.97 Å². The zero-order chi connectivity index (χ0) is 17.3. The fourth-order valence-corrected chi connectivity index (χ4v) is 2.38. The molecule has 1 atom stereocenters. The average molecular weight is 329 g/mol. The summed E-state index contributed by atoms with van der Waals surface area (Å²) in [4.78, 5) is 37.6. The molecule has 0 saturated carbocycles. The molecule has 0 spiro atoms. The van der Waals surface area contributed by atoms with Gasteiger partial charge in [0.15, 0.2) is 6.10 Å². The Hall–Kier alpha value is -3.16. The summed E-state index contributed by atoms with van der Waals surface area (Å²) < 4.78 is 9.93. The molecule has 2 aromatic rings. The molecule has 8 nitrogen and oxygen atoms in total. The first kappa shape index (κ1) is 15.7. The molecule has 0 saturated heterocycles. The van der Waals surface area contributed by atoms with Gasteiger partial charge in [0.25, 0.3) is 5.91 Å². The summed E-state index contributed by atoms with van der Waals surface area (Å²) in [5.41, 5.74) is 1.62. The molecule has 124 valence electrons. The molecule has 0 radical (unpaired) electrons. The number of hydrogen-bond donors (Lipinski definition) is 1. The Labute approximate surface area is 137 Å². The second-order valence-electron chi connectivity index (χ2n) is 5.37. The molecule has 0 bridgehead atoms. The number of anilines is 2. The van der Waals surface area contributed by atoms with Crippen LogP contribution in [0.25, 0.3) is 0 Å². The molecular formula is C16H15N3O5. The Balaban J connectivity index is 1.76. The average Bonchev–Trinajstić information content (AvgIpc) is 3.00. The first-order valence-electron chi connectivity index (χ1n) is 7.30. The van der Waals surface area contributed by atoms with Crippen molar-refractivity contribution < 1.29 is 23.6 Å². The van der Waals surface area contributed by atoms with Crippen molar-refractivity contribution in [3.05, 3.63) is 41.8 Å². The van der Waals surface area contributed by atoms with E-state index in [1.165, 1.54) is 17.9 Å². The third-order valence-electron chi connectivity index (χ3n) is 3.50. The van der Waals surface area contributed by atoms with Gasteiger partial charge in [-0.2, -0.15) is 0 Å². The van der Waals surface area contributed by atoms with E-state index in [2.05, 4.69) is 10.5 Å². The van der Waals surface area contributed by atoms with E-state index in [0.717, 1.165) is 0 Å². The van der Waals surface area contributed by atoms with E-state index in [1.807, 2.05) is 0 Å². The Morgan fingerprint density at radius 2 is 2.12 bits per heavy atom. The van der Waals surface area contributed by atoms with Crippen molar-refractivity contribution in [2.75, 3.05) is 16.8 Å². The van der Waals surface area contributed by atoms with Crippen LogP contribution in [0.15, 0.2) is 34.9 Å². The molecule has 2 amide bonds. The Morgan fingerprint density at radius 3 is 2.83 bits per heavy atom.